The van der Waals surface area contributed by atoms with Gasteiger partial charge < -0.3 is 5.32 Å². The Labute approximate surface area is 168 Å². The molecule has 1 amide bonds. The van der Waals surface area contributed by atoms with E-state index in [1.54, 1.807) is 22.8 Å². The zero-order valence-electron chi connectivity index (χ0n) is 14.8. The van der Waals surface area contributed by atoms with Gasteiger partial charge in [-0.1, -0.05) is 35.9 Å². The molecular formula is C20H21ClN4OS. The lowest BCUT2D eigenvalue weighted by molar-refractivity contribution is -0.121. The average Bonchev–Trinajstić information content (AvgIpc) is 3.18. The Hall–Kier alpha value is -2.31. The van der Waals surface area contributed by atoms with Gasteiger partial charge in [-0.25, -0.2) is 9.67 Å². The molecule has 27 heavy (non-hydrogen) atoms. The van der Waals surface area contributed by atoms with E-state index in [9.17, 15) is 4.79 Å². The number of aromatic nitrogens is 3. The first-order valence-corrected chi connectivity index (χ1v) is 10.1. The monoisotopic (exact) mass is 400 g/mol. The molecule has 0 aliphatic rings. The topological polar surface area (TPSA) is 59.8 Å². The zero-order valence-corrected chi connectivity index (χ0v) is 16.4. The zero-order chi connectivity index (χ0) is 18.9. The van der Waals surface area contributed by atoms with Crippen LogP contribution in [-0.2, 0) is 17.9 Å². The quantitative estimate of drug-likeness (QED) is 0.432. The summed E-state index contributed by atoms with van der Waals surface area (Å²) in [4.78, 5) is 17.2. The summed E-state index contributed by atoms with van der Waals surface area (Å²) in [5, 5.41) is 7.84. The fourth-order valence-corrected chi connectivity index (χ4v) is 3.56. The number of carbonyl (C=O) groups is 1. The van der Waals surface area contributed by atoms with Gasteiger partial charge in [0, 0.05) is 22.9 Å². The Kier molecular flexibility index (Phi) is 7.30. The maximum Gasteiger partial charge on any atom is 0.220 e. The van der Waals surface area contributed by atoms with Crippen molar-refractivity contribution in [3.05, 3.63) is 77.3 Å². The molecule has 0 saturated heterocycles. The van der Waals surface area contributed by atoms with Crippen LogP contribution >= 0.6 is 23.4 Å². The standard InChI is InChI=1S/C20H21ClN4OS/c21-18-6-8-19(9-7-18)27-10-2-5-20(26)23-12-16-3-1-4-17(11-16)13-25-15-22-14-24-25/h1,3-4,6-9,11,14-15H,2,5,10,12-13H2,(H,23,26). The van der Waals surface area contributed by atoms with Crippen molar-refractivity contribution < 1.29 is 4.79 Å². The van der Waals surface area contributed by atoms with E-state index >= 15 is 0 Å². The van der Waals surface area contributed by atoms with E-state index in [2.05, 4.69) is 21.5 Å². The molecular weight excluding hydrogens is 380 g/mol. The Bertz CT molecular complexity index is 853. The number of halogens is 1. The van der Waals surface area contributed by atoms with Crippen molar-refractivity contribution >= 4 is 29.3 Å². The summed E-state index contributed by atoms with van der Waals surface area (Å²) < 4.78 is 1.77. The number of amides is 1. The number of hydrogen-bond donors (Lipinski definition) is 1. The molecule has 5 nitrogen and oxygen atoms in total. The highest BCUT2D eigenvalue weighted by Crippen LogP contribution is 2.21. The summed E-state index contributed by atoms with van der Waals surface area (Å²) in [6.45, 7) is 1.21. The van der Waals surface area contributed by atoms with Gasteiger partial charge in [-0.2, -0.15) is 5.10 Å². The minimum Gasteiger partial charge on any atom is -0.352 e. The van der Waals surface area contributed by atoms with Crippen LogP contribution in [-0.4, -0.2) is 26.4 Å². The summed E-state index contributed by atoms with van der Waals surface area (Å²) in [5.41, 5.74) is 2.21. The van der Waals surface area contributed by atoms with Crippen molar-refractivity contribution in [2.75, 3.05) is 5.75 Å². The normalized spacial score (nSPS) is 10.7. The summed E-state index contributed by atoms with van der Waals surface area (Å²) in [5.74, 6) is 0.982. The fourth-order valence-electron chi connectivity index (χ4n) is 2.58. The van der Waals surface area contributed by atoms with Crippen molar-refractivity contribution in [3.8, 4) is 0 Å². The molecule has 0 unspecified atom stereocenters. The SMILES string of the molecule is O=C(CCCSc1ccc(Cl)cc1)NCc1cccc(Cn2cncn2)c1. The summed E-state index contributed by atoms with van der Waals surface area (Å²) in [6.07, 6.45) is 4.58. The largest absolute Gasteiger partial charge is 0.352 e. The van der Waals surface area contributed by atoms with Gasteiger partial charge in [0.05, 0.1) is 6.54 Å². The molecule has 0 aliphatic heterocycles. The first-order chi connectivity index (χ1) is 13.2. The van der Waals surface area contributed by atoms with Crippen LogP contribution in [0.4, 0.5) is 0 Å². The van der Waals surface area contributed by atoms with Crippen molar-refractivity contribution in [1.82, 2.24) is 20.1 Å². The lowest BCUT2D eigenvalue weighted by Crippen LogP contribution is -2.22. The van der Waals surface area contributed by atoms with Crippen LogP contribution in [0.1, 0.15) is 24.0 Å². The van der Waals surface area contributed by atoms with Crippen LogP contribution in [0.5, 0.6) is 0 Å². The van der Waals surface area contributed by atoms with Crippen LogP contribution in [0.2, 0.25) is 5.02 Å². The first-order valence-electron chi connectivity index (χ1n) is 8.74. The van der Waals surface area contributed by atoms with Gasteiger partial charge >= 0.3 is 0 Å². The molecule has 1 N–H and O–H groups in total. The molecule has 3 aromatic rings. The van der Waals surface area contributed by atoms with Gasteiger partial charge in [0.25, 0.3) is 0 Å². The second kappa shape index (κ2) is 10.1. The lowest BCUT2D eigenvalue weighted by atomic mass is 10.1. The molecule has 7 heteroatoms. The van der Waals surface area contributed by atoms with Gasteiger partial charge in [0.15, 0.2) is 0 Å². The third-order valence-corrected chi connectivity index (χ3v) is 5.27. The maximum absolute atomic E-state index is 12.1. The van der Waals surface area contributed by atoms with E-state index in [4.69, 9.17) is 11.6 Å². The number of hydrogen-bond acceptors (Lipinski definition) is 4. The predicted octanol–water partition coefficient (Wildman–Crippen LogP) is 4.17. The van der Waals surface area contributed by atoms with Crippen LogP contribution in [0.15, 0.2) is 66.1 Å². The minimum absolute atomic E-state index is 0.0772. The molecule has 140 valence electrons. The number of nitrogens with one attached hydrogen (secondary N) is 1. The third-order valence-electron chi connectivity index (χ3n) is 3.92. The molecule has 0 spiro atoms. The molecule has 0 radical (unpaired) electrons. The molecule has 0 saturated carbocycles. The van der Waals surface area contributed by atoms with Crippen molar-refractivity contribution in [1.29, 1.82) is 0 Å². The van der Waals surface area contributed by atoms with Gasteiger partial charge in [-0.15, -0.1) is 11.8 Å². The van der Waals surface area contributed by atoms with Gasteiger partial charge in [0.2, 0.25) is 5.91 Å². The van der Waals surface area contributed by atoms with Gasteiger partial charge in [-0.3, -0.25) is 4.79 Å². The average molecular weight is 401 g/mol. The van der Waals surface area contributed by atoms with Gasteiger partial charge in [-0.05, 0) is 47.6 Å². The molecule has 0 bridgehead atoms. The van der Waals surface area contributed by atoms with E-state index < -0.39 is 0 Å². The number of benzene rings is 2. The van der Waals surface area contributed by atoms with Crippen LogP contribution in [0, 0.1) is 0 Å². The second-order valence-corrected chi connectivity index (χ2v) is 7.70. The van der Waals surface area contributed by atoms with Crippen LogP contribution < -0.4 is 5.32 Å². The highest BCUT2D eigenvalue weighted by Gasteiger charge is 2.03. The molecule has 1 heterocycles. The van der Waals surface area contributed by atoms with Crippen LogP contribution in [0.3, 0.4) is 0 Å². The molecule has 0 fully saturated rings. The van der Waals surface area contributed by atoms with Crippen molar-refractivity contribution in [2.45, 2.75) is 30.8 Å². The maximum atomic E-state index is 12.1. The van der Waals surface area contributed by atoms with E-state index in [1.807, 2.05) is 42.5 Å². The Morgan fingerprint density at radius 1 is 1.15 bits per heavy atom. The lowest BCUT2D eigenvalue weighted by Gasteiger charge is -2.08. The van der Waals surface area contributed by atoms with Crippen LogP contribution in [0.25, 0.3) is 0 Å². The number of thioether (sulfide) groups is 1. The Morgan fingerprint density at radius 3 is 2.74 bits per heavy atom. The smallest absolute Gasteiger partial charge is 0.220 e. The Balaban J connectivity index is 1.36. The van der Waals surface area contributed by atoms with E-state index in [0.29, 0.717) is 19.5 Å². The Morgan fingerprint density at radius 2 is 1.96 bits per heavy atom. The highest BCUT2D eigenvalue weighted by molar-refractivity contribution is 7.99. The highest BCUT2D eigenvalue weighted by atomic mass is 35.5. The summed E-state index contributed by atoms with van der Waals surface area (Å²) in [6, 6.07) is 15.9. The van der Waals surface area contributed by atoms with Crippen molar-refractivity contribution in [3.63, 3.8) is 0 Å². The minimum atomic E-state index is 0.0772. The van der Waals surface area contributed by atoms with E-state index in [-0.39, 0.29) is 5.91 Å². The van der Waals surface area contributed by atoms with Gasteiger partial charge in [0.1, 0.15) is 12.7 Å². The molecule has 0 aliphatic carbocycles. The number of rotatable bonds is 9. The molecule has 2 aromatic carbocycles. The van der Waals surface area contributed by atoms with E-state index in [1.165, 1.54) is 11.2 Å². The number of nitrogens with zero attached hydrogens (tertiary/aromatic N) is 3. The second-order valence-electron chi connectivity index (χ2n) is 6.10. The summed E-state index contributed by atoms with van der Waals surface area (Å²) >= 11 is 7.61. The van der Waals surface area contributed by atoms with E-state index in [0.717, 1.165) is 28.3 Å². The number of carbonyl (C=O) groups excluding carboxylic acids is 1. The third kappa shape index (κ3) is 6.73. The molecule has 3 rings (SSSR count). The molecule has 1 aromatic heterocycles. The fraction of sp³-hybridized carbons (Fsp3) is 0.250. The summed E-state index contributed by atoms with van der Waals surface area (Å²) in [7, 11) is 0. The first kappa shape index (κ1) is 19.5. The van der Waals surface area contributed by atoms with Crippen molar-refractivity contribution in [2.24, 2.45) is 0 Å². The molecule has 0 atom stereocenters. The predicted molar refractivity (Wildman–Crippen MR) is 109 cm³/mol.